The molecule has 0 radical (unpaired) electrons. The van der Waals surface area contributed by atoms with Crippen molar-refractivity contribution in [1.29, 1.82) is 0 Å². The van der Waals surface area contributed by atoms with Gasteiger partial charge in [-0.25, -0.2) is 0 Å². The molecule has 1 aliphatic carbocycles. The van der Waals surface area contributed by atoms with Crippen molar-refractivity contribution in [2.24, 2.45) is 23.0 Å². The molecule has 1 unspecified atom stereocenters. The number of rotatable bonds is 2. The number of primary amides is 1. The van der Waals surface area contributed by atoms with Crippen LogP contribution in [0, 0.1) is 17.3 Å². The second kappa shape index (κ2) is 4.12. The fourth-order valence-electron chi connectivity index (χ4n) is 3.39. The number of hydrogen-bond acceptors (Lipinski definition) is 2. The Bertz CT molecular complexity index is 244. The van der Waals surface area contributed by atoms with E-state index in [-0.39, 0.29) is 17.2 Å². The Morgan fingerprint density at radius 1 is 1.47 bits per heavy atom. The predicted molar refractivity (Wildman–Crippen MR) is 60.2 cm³/mol. The molecule has 1 heterocycles. The monoisotopic (exact) mass is 210 g/mol. The minimum absolute atomic E-state index is 0.0790. The maximum atomic E-state index is 11.4. The second-order valence-corrected chi connectivity index (χ2v) is 5.30. The first-order valence-corrected chi connectivity index (χ1v) is 6.18. The molecule has 1 spiro atoms. The lowest BCUT2D eigenvalue weighted by atomic mass is 9.64. The zero-order chi connectivity index (χ0) is 10.9. The molecule has 86 valence electrons. The highest BCUT2D eigenvalue weighted by Gasteiger charge is 2.47. The van der Waals surface area contributed by atoms with Gasteiger partial charge in [0.25, 0.3) is 0 Å². The van der Waals surface area contributed by atoms with Gasteiger partial charge >= 0.3 is 0 Å². The van der Waals surface area contributed by atoms with Crippen LogP contribution in [-0.2, 0) is 4.79 Å². The molecule has 2 aliphatic rings. The first-order valence-electron chi connectivity index (χ1n) is 6.18. The normalized spacial score (nSPS) is 40.9. The molecular weight excluding hydrogens is 188 g/mol. The second-order valence-electron chi connectivity index (χ2n) is 5.30. The minimum Gasteiger partial charge on any atom is -0.369 e. The number of hydrogen-bond donors (Lipinski definition) is 2. The van der Waals surface area contributed by atoms with E-state index in [1.165, 1.54) is 32.1 Å². The van der Waals surface area contributed by atoms with Crippen molar-refractivity contribution in [3.05, 3.63) is 0 Å². The molecule has 3 heteroatoms. The summed E-state index contributed by atoms with van der Waals surface area (Å²) in [7, 11) is 0. The van der Waals surface area contributed by atoms with Gasteiger partial charge in [0.1, 0.15) is 0 Å². The molecule has 3 N–H and O–H groups in total. The molecule has 0 aromatic carbocycles. The minimum atomic E-state index is -0.102. The van der Waals surface area contributed by atoms with E-state index in [0.29, 0.717) is 0 Å². The summed E-state index contributed by atoms with van der Waals surface area (Å²) >= 11 is 0. The lowest BCUT2D eigenvalue weighted by Crippen LogP contribution is -2.41. The summed E-state index contributed by atoms with van der Waals surface area (Å²) in [6.45, 7) is 4.06. The smallest absolute Gasteiger partial charge is 0.222 e. The highest BCUT2D eigenvalue weighted by molar-refractivity contribution is 5.78. The molecule has 0 aromatic heterocycles. The summed E-state index contributed by atoms with van der Waals surface area (Å²) in [4.78, 5) is 11.4. The number of nitrogens with one attached hydrogen (secondary N) is 1. The van der Waals surface area contributed by atoms with Crippen LogP contribution in [0.5, 0.6) is 0 Å². The van der Waals surface area contributed by atoms with Crippen molar-refractivity contribution >= 4 is 5.91 Å². The van der Waals surface area contributed by atoms with Crippen LogP contribution >= 0.6 is 0 Å². The van der Waals surface area contributed by atoms with Crippen LogP contribution in [0.1, 0.15) is 39.0 Å². The zero-order valence-corrected chi connectivity index (χ0v) is 9.59. The SMILES string of the molecule is CCC1CCC2(CC1)CNCC2C(N)=O. The molecule has 2 fully saturated rings. The molecule has 0 bridgehead atoms. The summed E-state index contributed by atoms with van der Waals surface area (Å²) in [6, 6.07) is 0. The number of nitrogens with two attached hydrogens (primary N) is 1. The van der Waals surface area contributed by atoms with Gasteiger partial charge in [-0.3, -0.25) is 4.79 Å². The van der Waals surface area contributed by atoms with Gasteiger partial charge in [0.2, 0.25) is 5.91 Å². The van der Waals surface area contributed by atoms with Crippen LogP contribution in [0.15, 0.2) is 0 Å². The maximum absolute atomic E-state index is 11.4. The highest BCUT2D eigenvalue weighted by atomic mass is 16.1. The summed E-state index contributed by atoms with van der Waals surface area (Å²) in [5.41, 5.74) is 5.70. The molecule has 1 amide bonds. The van der Waals surface area contributed by atoms with Gasteiger partial charge < -0.3 is 11.1 Å². The molecule has 1 saturated heterocycles. The van der Waals surface area contributed by atoms with E-state index in [1.54, 1.807) is 0 Å². The van der Waals surface area contributed by atoms with E-state index in [4.69, 9.17) is 5.73 Å². The Morgan fingerprint density at radius 3 is 2.67 bits per heavy atom. The Kier molecular flexibility index (Phi) is 3.01. The van der Waals surface area contributed by atoms with Crippen LogP contribution in [-0.4, -0.2) is 19.0 Å². The zero-order valence-electron chi connectivity index (χ0n) is 9.59. The molecule has 1 aliphatic heterocycles. The summed E-state index contributed by atoms with van der Waals surface area (Å²) < 4.78 is 0. The fourth-order valence-corrected chi connectivity index (χ4v) is 3.39. The number of amides is 1. The lowest BCUT2D eigenvalue weighted by Gasteiger charge is -2.39. The molecule has 1 atom stereocenters. The van der Waals surface area contributed by atoms with Crippen molar-refractivity contribution in [3.8, 4) is 0 Å². The summed E-state index contributed by atoms with van der Waals surface area (Å²) in [5, 5.41) is 3.35. The Balaban J connectivity index is 2.04. The van der Waals surface area contributed by atoms with Crippen molar-refractivity contribution < 1.29 is 4.79 Å². The third-order valence-corrected chi connectivity index (χ3v) is 4.59. The topological polar surface area (TPSA) is 55.1 Å². The number of carbonyl (C=O) groups is 1. The first-order chi connectivity index (χ1) is 7.18. The highest BCUT2D eigenvalue weighted by Crippen LogP contribution is 2.46. The van der Waals surface area contributed by atoms with Crippen molar-refractivity contribution in [2.45, 2.75) is 39.0 Å². The summed E-state index contributed by atoms with van der Waals surface area (Å²) in [5.74, 6) is 0.856. The number of carbonyl (C=O) groups excluding carboxylic acids is 1. The third-order valence-electron chi connectivity index (χ3n) is 4.59. The van der Waals surface area contributed by atoms with Crippen LogP contribution in [0.2, 0.25) is 0 Å². The van der Waals surface area contributed by atoms with Crippen molar-refractivity contribution in [3.63, 3.8) is 0 Å². The average Bonchev–Trinajstić information content (AvgIpc) is 2.63. The fraction of sp³-hybridized carbons (Fsp3) is 0.917. The van der Waals surface area contributed by atoms with Gasteiger partial charge in [-0.05, 0) is 37.0 Å². The van der Waals surface area contributed by atoms with Crippen LogP contribution < -0.4 is 11.1 Å². The Labute approximate surface area is 91.8 Å². The van der Waals surface area contributed by atoms with Gasteiger partial charge in [-0.2, -0.15) is 0 Å². The molecular formula is C12H22N2O. The van der Waals surface area contributed by atoms with E-state index in [0.717, 1.165) is 19.0 Å². The van der Waals surface area contributed by atoms with E-state index >= 15 is 0 Å². The van der Waals surface area contributed by atoms with Crippen molar-refractivity contribution in [1.82, 2.24) is 5.32 Å². The largest absolute Gasteiger partial charge is 0.369 e. The molecule has 15 heavy (non-hydrogen) atoms. The summed E-state index contributed by atoms with van der Waals surface area (Å²) in [6.07, 6.45) is 6.22. The first kappa shape index (κ1) is 10.9. The third kappa shape index (κ3) is 1.89. The molecule has 3 nitrogen and oxygen atoms in total. The van der Waals surface area contributed by atoms with Crippen LogP contribution in [0.4, 0.5) is 0 Å². The standard InChI is InChI=1S/C12H22N2O/c1-2-9-3-5-12(6-4-9)8-14-7-10(12)11(13)15/h9-10,14H,2-8H2,1H3,(H2,13,15). The molecule has 0 aromatic rings. The van der Waals surface area contributed by atoms with Crippen molar-refractivity contribution in [2.75, 3.05) is 13.1 Å². The Hall–Kier alpha value is -0.570. The van der Waals surface area contributed by atoms with Crippen LogP contribution in [0.3, 0.4) is 0 Å². The van der Waals surface area contributed by atoms with E-state index in [1.807, 2.05) is 0 Å². The van der Waals surface area contributed by atoms with Gasteiger partial charge in [-0.15, -0.1) is 0 Å². The van der Waals surface area contributed by atoms with Gasteiger partial charge in [0.05, 0.1) is 5.92 Å². The lowest BCUT2D eigenvalue weighted by molar-refractivity contribution is -0.125. The Morgan fingerprint density at radius 2 is 2.13 bits per heavy atom. The van der Waals surface area contributed by atoms with E-state index in [9.17, 15) is 4.79 Å². The molecule has 2 rings (SSSR count). The van der Waals surface area contributed by atoms with Gasteiger partial charge in [-0.1, -0.05) is 13.3 Å². The van der Waals surface area contributed by atoms with E-state index in [2.05, 4.69) is 12.2 Å². The quantitative estimate of drug-likeness (QED) is 0.721. The van der Waals surface area contributed by atoms with E-state index < -0.39 is 0 Å². The van der Waals surface area contributed by atoms with Gasteiger partial charge in [0.15, 0.2) is 0 Å². The molecule has 1 saturated carbocycles. The van der Waals surface area contributed by atoms with Gasteiger partial charge in [0, 0.05) is 13.1 Å². The maximum Gasteiger partial charge on any atom is 0.222 e. The average molecular weight is 210 g/mol. The van der Waals surface area contributed by atoms with Crippen LogP contribution in [0.25, 0.3) is 0 Å². The predicted octanol–water partition coefficient (Wildman–Crippen LogP) is 1.28.